The second-order valence-electron chi connectivity index (χ2n) is 8.19. The minimum Gasteiger partial charge on any atom is -0.460 e. The average molecular weight is 445 g/mol. The zero-order valence-corrected chi connectivity index (χ0v) is 19.0. The molecule has 1 heterocycles. The Morgan fingerprint density at radius 1 is 1.12 bits per heavy atom. The van der Waals surface area contributed by atoms with E-state index in [-0.39, 0.29) is 25.5 Å². The van der Waals surface area contributed by atoms with Crippen molar-refractivity contribution in [1.82, 2.24) is 15.2 Å². The average Bonchev–Trinajstić information content (AvgIpc) is 3.17. The highest BCUT2D eigenvalue weighted by atomic mass is 16.5. The van der Waals surface area contributed by atoms with Crippen molar-refractivity contribution in [3.63, 3.8) is 0 Å². The van der Waals surface area contributed by atoms with Crippen LogP contribution in [0.25, 0.3) is 0 Å². The number of aromatic nitrogens is 2. The summed E-state index contributed by atoms with van der Waals surface area (Å²) >= 11 is 0. The van der Waals surface area contributed by atoms with E-state index in [4.69, 9.17) is 10.5 Å². The molecule has 9 heteroatoms. The van der Waals surface area contributed by atoms with Gasteiger partial charge in [0, 0.05) is 6.42 Å². The Kier molecular flexibility index (Phi) is 9.87. The second-order valence-corrected chi connectivity index (χ2v) is 8.19. The maximum absolute atomic E-state index is 13.0. The number of rotatable bonds is 12. The highest BCUT2D eigenvalue weighted by Gasteiger charge is 2.28. The summed E-state index contributed by atoms with van der Waals surface area (Å²) in [5.41, 5.74) is 6.29. The number of nitrogens with zero attached hydrogens (tertiary/aromatic N) is 2. The molecular formula is C23H34N5O4+. The molecular weight excluding hydrogens is 410 g/mol. The van der Waals surface area contributed by atoms with Gasteiger partial charge in [0.1, 0.15) is 37.6 Å². The molecule has 2 amide bonds. The smallest absolute Gasteiger partial charge is 0.328 e. The SMILES string of the molecule is CC(C)C[C@H](NC(=O)[C@H](Cc1ccccc1)NC(=O)CN)C(=O)OCCn1cc[n+](C)c1. The van der Waals surface area contributed by atoms with Gasteiger partial charge in [-0.2, -0.15) is 0 Å². The Morgan fingerprint density at radius 2 is 1.84 bits per heavy atom. The number of carbonyl (C=O) groups is 3. The van der Waals surface area contributed by atoms with Crippen molar-refractivity contribution >= 4 is 17.8 Å². The third kappa shape index (κ3) is 8.50. The third-order valence-corrected chi connectivity index (χ3v) is 4.85. The van der Waals surface area contributed by atoms with E-state index in [0.717, 1.165) is 5.56 Å². The Morgan fingerprint density at radius 3 is 2.44 bits per heavy atom. The van der Waals surface area contributed by atoms with Gasteiger partial charge in [0.2, 0.25) is 18.1 Å². The van der Waals surface area contributed by atoms with Crippen molar-refractivity contribution in [2.75, 3.05) is 13.2 Å². The van der Waals surface area contributed by atoms with Gasteiger partial charge in [0.25, 0.3) is 0 Å². The van der Waals surface area contributed by atoms with E-state index in [9.17, 15) is 14.4 Å². The first-order chi connectivity index (χ1) is 15.3. The van der Waals surface area contributed by atoms with Gasteiger partial charge in [0.15, 0.2) is 0 Å². The first-order valence-corrected chi connectivity index (χ1v) is 10.8. The van der Waals surface area contributed by atoms with E-state index in [0.29, 0.717) is 13.0 Å². The Hall–Kier alpha value is -3.20. The van der Waals surface area contributed by atoms with Crippen LogP contribution >= 0.6 is 0 Å². The van der Waals surface area contributed by atoms with Gasteiger partial charge in [-0.3, -0.25) is 9.59 Å². The highest BCUT2D eigenvalue weighted by molar-refractivity contribution is 5.91. The monoisotopic (exact) mass is 444 g/mol. The molecule has 0 saturated heterocycles. The van der Waals surface area contributed by atoms with E-state index in [1.54, 1.807) is 0 Å². The largest absolute Gasteiger partial charge is 0.460 e. The van der Waals surface area contributed by atoms with E-state index >= 15 is 0 Å². The molecule has 32 heavy (non-hydrogen) atoms. The third-order valence-electron chi connectivity index (χ3n) is 4.85. The lowest BCUT2D eigenvalue weighted by atomic mass is 10.0. The number of benzene rings is 1. The van der Waals surface area contributed by atoms with E-state index in [1.165, 1.54) is 0 Å². The Labute approximate surface area is 188 Å². The summed E-state index contributed by atoms with van der Waals surface area (Å²) in [4.78, 5) is 37.6. The van der Waals surface area contributed by atoms with Crippen LogP contribution < -0.4 is 20.9 Å². The minimum absolute atomic E-state index is 0.155. The van der Waals surface area contributed by atoms with Crippen LogP contribution in [0.15, 0.2) is 49.1 Å². The zero-order chi connectivity index (χ0) is 23.5. The molecule has 0 aliphatic heterocycles. The van der Waals surface area contributed by atoms with Crippen molar-refractivity contribution in [1.29, 1.82) is 0 Å². The summed E-state index contributed by atoms with van der Waals surface area (Å²) < 4.78 is 9.23. The lowest BCUT2D eigenvalue weighted by Crippen LogP contribution is -2.54. The zero-order valence-electron chi connectivity index (χ0n) is 19.0. The number of amides is 2. The number of hydrogen-bond donors (Lipinski definition) is 3. The van der Waals surface area contributed by atoms with E-state index in [2.05, 4.69) is 10.6 Å². The summed E-state index contributed by atoms with van der Waals surface area (Å²) in [5, 5.41) is 5.42. The van der Waals surface area contributed by atoms with Gasteiger partial charge in [-0.1, -0.05) is 44.2 Å². The molecule has 4 N–H and O–H groups in total. The van der Waals surface area contributed by atoms with Crippen molar-refractivity contribution in [3.05, 3.63) is 54.6 Å². The van der Waals surface area contributed by atoms with Gasteiger partial charge < -0.3 is 21.1 Å². The van der Waals surface area contributed by atoms with Gasteiger partial charge >= 0.3 is 5.97 Å². The van der Waals surface area contributed by atoms with Crippen LogP contribution in [0.1, 0.15) is 25.8 Å². The predicted molar refractivity (Wildman–Crippen MR) is 119 cm³/mol. The standard InChI is InChI=1S/C23H33N5O4/c1-17(2)13-20(23(31)32-12-11-28-10-9-27(3)16-28)26-22(30)19(25-21(29)15-24)14-18-7-5-4-6-8-18/h4-10,16-17,19-20H,11-15,24H2,1-3H3,(H-,25,26,29,30)/p+1/t19-,20-/m0/s1. The van der Waals surface area contributed by atoms with Crippen LogP contribution in [0.5, 0.6) is 0 Å². The highest BCUT2D eigenvalue weighted by Crippen LogP contribution is 2.09. The molecule has 0 saturated carbocycles. The van der Waals surface area contributed by atoms with Crippen molar-refractivity contribution in [2.45, 2.75) is 45.3 Å². The molecule has 1 aromatic heterocycles. The quantitative estimate of drug-likeness (QED) is 0.316. The summed E-state index contributed by atoms with van der Waals surface area (Å²) in [6.07, 6.45) is 6.37. The maximum Gasteiger partial charge on any atom is 0.328 e. The number of imidazole rings is 1. The van der Waals surface area contributed by atoms with Crippen LogP contribution in [0, 0.1) is 5.92 Å². The van der Waals surface area contributed by atoms with E-state index < -0.39 is 29.9 Å². The lowest BCUT2D eigenvalue weighted by molar-refractivity contribution is -0.671. The number of hydrogen-bond acceptors (Lipinski definition) is 5. The summed E-state index contributed by atoms with van der Waals surface area (Å²) in [7, 11) is 1.91. The molecule has 2 atom stereocenters. The van der Waals surface area contributed by atoms with E-state index in [1.807, 2.05) is 79.1 Å². The van der Waals surface area contributed by atoms with Gasteiger partial charge in [0.05, 0.1) is 13.6 Å². The number of nitrogens with one attached hydrogen (secondary N) is 2. The number of aryl methyl sites for hydroxylation is 1. The first-order valence-electron chi connectivity index (χ1n) is 10.8. The summed E-state index contributed by atoms with van der Waals surface area (Å²) in [6.45, 7) is 4.40. The summed E-state index contributed by atoms with van der Waals surface area (Å²) in [6, 6.07) is 7.68. The fraction of sp³-hybridized carbons (Fsp3) is 0.478. The molecule has 1 aromatic carbocycles. The van der Waals surface area contributed by atoms with Crippen molar-refractivity contribution in [2.24, 2.45) is 18.7 Å². The maximum atomic E-state index is 13.0. The van der Waals surface area contributed by atoms with Crippen LogP contribution in [0.2, 0.25) is 0 Å². The number of esters is 1. The van der Waals surface area contributed by atoms with Crippen LogP contribution in [0.3, 0.4) is 0 Å². The molecule has 0 unspecified atom stereocenters. The minimum atomic E-state index is -0.851. The van der Waals surface area contributed by atoms with Crippen LogP contribution in [-0.2, 0) is 39.1 Å². The molecule has 0 spiro atoms. The van der Waals surface area contributed by atoms with Gasteiger partial charge in [-0.25, -0.2) is 13.9 Å². The number of carbonyl (C=O) groups excluding carboxylic acids is 3. The second kappa shape index (κ2) is 12.6. The van der Waals surface area contributed by atoms with Crippen LogP contribution in [0.4, 0.5) is 0 Å². The molecule has 0 radical (unpaired) electrons. The normalized spacial score (nSPS) is 12.8. The summed E-state index contributed by atoms with van der Waals surface area (Å²) in [5.74, 6) is -1.23. The number of ether oxygens (including phenoxy) is 1. The van der Waals surface area contributed by atoms with Crippen molar-refractivity contribution < 1.29 is 23.7 Å². The first kappa shape index (κ1) is 25.1. The fourth-order valence-electron chi connectivity index (χ4n) is 3.26. The molecule has 0 bridgehead atoms. The Balaban J connectivity index is 2.02. The lowest BCUT2D eigenvalue weighted by Gasteiger charge is -2.23. The van der Waals surface area contributed by atoms with Crippen molar-refractivity contribution in [3.8, 4) is 0 Å². The Bertz CT molecular complexity index is 882. The van der Waals surface area contributed by atoms with Gasteiger partial charge in [-0.05, 0) is 17.9 Å². The molecule has 2 rings (SSSR count). The predicted octanol–water partition coefficient (Wildman–Crippen LogP) is 0.0729. The molecule has 0 aliphatic carbocycles. The molecule has 0 fully saturated rings. The topological polar surface area (TPSA) is 119 Å². The van der Waals surface area contributed by atoms with Crippen LogP contribution in [-0.4, -0.2) is 47.6 Å². The fourth-order valence-corrected chi connectivity index (χ4v) is 3.26. The molecule has 9 nitrogen and oxygen atoms in total. The number of nitrogens with two attached hydrogens (primary N) is 1. The molecule has 174 valence electrons. The molecule has 2 aromatic rings. The molecule has 0 aliphatic rings. The van der Waals surface area contributed by atoms with Gasteiger partial charge in [-0.15, -0.1) is 0 Å².